The van der Waals surface area contributed by atoms with Crippen molar-refractivity contribution in [2.75, 3.05) is 0 Å². The maximum absolute atomic E-state index is 13.3. The van der Waals surface area contributed by atoms with Crippen molar-refractivity contribution in [1.29, 1.82) is 0 Å². The fourth-order valence-corrected chi connectivity index (χ4v) is 1.55. The van der Waals surface area contributed by atoms with E-state index >= 15 is 0 Å². The summed E-state index contributed by atoms with van der Waals surface area (Å²) in [6.45, 7) is 0. The molecule has 0 spiro atoms. The van der Waals surface area contributed by atoms with Crippen molar-refractivity contribution in [2.45, 2.75) is 0 Å². The highest BCUT2D eigenvalue weighted by Crippen LogP contribution is 2.27. The molecule has 0 aliphatic carbocycles. The monoisotopic (exact) mass is 289 g/mol. The number of halogens is 2. The lowest BCUT2D eigenvalue weighted by Crippen LogP contribution is -1.93. The number of nitro benzene ring substituents is 1. The topological polar surface area (TPSA) is 80.4 Å². The largest absolute Gasteiger partial charge is 0.478 e. The Bertz CT molecular complexity index is 463. The van der Waals surface area contributed by atoms with Crippen molar-refractivity contribution in [2.24, 2.45) is 0 Å². The summed E-state index contributed by atoms with van der Waals surface area (Å²) in [5.41, 5.74) is -0.454. The van der Waals surface area contributed by atoms with Gasteiger partial charge < -0.3 is 5.11 Å². The van der Waals surface area contributed by atoms with E-state index in [4.69, 9.17) is 5.11 Å². The average Bonchev–Trinajstić information content (AvgIpc) is 2.15. The summed E-state index contributed by atoms with van der Waals surface area (Å²) in [5.74, 6) is -2.09. The Hall–Kier alpha value is -1.76. The minimum Gasteiger partial charge on any atom is -0.478 e. The van der Waals surface area contributed by atoms with Crippen LogP contribution in [0.1, 0.15) is 5.56 Å². The second kappa shape index (κ2) is 4.84. The summed E-state index contributed by atoms with van der Waals surface area (Å²) in [5, 5.41) is 18.8. The first-order valence-electron chi connectivity index (χ1n) is 3.96. The van der Waals surface area contributed by atoms with E-state index in [2.05, 4.69) is 15.9 Å². The zero-order valence-corrected chi connectivity index (χ0v) is 9.27. The van der Waals surface area contributed by atoms with Gasteiger partial charge in [-0.3, -0.25) is 10.1 Å². The van der Waals surface area contributed by atoms with Gasteiger partial charge in [-0.1, -0.05) is 0 Å². The normalized spacial score (nSPS) is 10.6. The van der Waals surface area contributed by atoms with Crippen LogP contribution < -0.4 is 0 Å². The van der Waals surface area contributed by atoms with Crippen LogP contribution in [0.25, 0.3) is 6.08 Å². The summed E-state index contributed by atoms with van der Waals surface area (Å²) < 4.78 is 13.5. The molecule has 7 heteroatoms. The van der Waals surface area contributed by atoms with E-state index in [1.807, 2.05) is 0 Å². The molecule has 0 aliphatic rings. The molecule has 84 valence electrons. The van der Waals surface area contributed by atoms with E-state index < -0.39 is 22.4 Å². The minimum absolute atomic E-state index is 0.0481. The molecule has 0 aliphatic heterocycles. The van der Waals surface area contributed by atoms with Crippen LogP contribution in [0.3, 0.4) is 0 Å². The second-order valence-electron chi connectivity index (χ2n) is 2.75. The summed E-state index contributed by atoms with van der Waals surface area (Å²) in [4.78, 5) is 19.9. The lowest BCUT2D eigenvalue weighted by atomic mass is 10.2. The summed E-state index contributed by atoms with van der Waals surface area (Å²) in [6, 6.07) is 1.83. The molecule has 16 heavy (non-hydrogen) atoms. The van der Waals surface area contributed by atoms with Crippen LogP contribution in [-0.4, -0.2) is 16.0 Å². The van der Waals surface area contributed by atoms with Crippen LogP contribution in [0.2, 0.25) is 0 Å². The molecule has 0 heterocycles. The quantitative estimate of drug-likeness (QED) is 0.527. The van der Waals surface area contributed by atoms with Gasteiger partial charge in [-0.05, 0) is 22.0 Å². The molecule has 0 atom stereocenters. The van der Waals surface area contributed by atoms with Crippen molar-refractivity contribution >= 4 is 33.7 Å². The van der Waals surface area contributed by atoms with Crippen molar-refractivity contribution in [3.63, 3.8) is 0 Å². The molecule has 1 rings (SSSR count). The smallest absolute Gasteiger partial charge is 0.328 e. The molecule has 5 nitrogen and oxygen atoms in total. The summed E-state index contributed by atoms with van der Waals surface area (Å²) in [7, 11) is 0. The van der Waals surface area contributed by atoms with Crippen molar-refractivity contribution in [3.8, 4) is 0 Å². The third-order valence-electron chi connectivity index (χ3n) is 1.67. The zero-order chi connectivity index (χ0) is 12.3. The van der Waals surface area contributed by atoms with Crippen LogP contribution in [0, 0.1) is 15.9 Å². The predicted octanol–water partition coefficient (Wildman–Crippen LogP) is 2.59. The Morgan fingerprint density at radius 1 is 1.56 bits per heavy atom. The SMILES string of the molecule is O=C(O)/C=C/c1c(F)cc([N+](=O)[O-])cc1Br. The van der Waals surface area contributed by atoms with E-state index in [-0.39, 0.29) is 10.0 Å². The van der Waals surface area contributed by atoms with Crippen molar-refractivity contribution in [1.82, 2.24) is 0 Å². The molecular formula is C9H5BrFNO4. The van der Waals surface area contributed by atoms with Gasteiger partial charge in [-0.25, -0.2) is 9.18 Å². The number of nitrogens with zero attached hydrogens (tertiary/aromatic N) is 1. The highest BCUT2D eigenvalue weighted by atomic mass is 79.9. The van der Waals surface area contributed by atoms with E-state index in [9.17, 15) is 19.3 Å². The molecule has 0 aromatic heterocycles. The molecule has 0 amide bonds. The predicted molar refractivity (Wildman–Crippen MR) is 57.4 cm³/mol. The lowest BCUT2D eigenvalue weighted by Gasteiger charge is -2.00. The van der Waals surface area contributed by atoms with Crippen LogP contribution >= 0.6 is 15.9 Å². The number of carbonyl (C=O) groups is 1. The van der Waals surface area contributed by atoms with Crippen LogP contribution in [-0.2, 0) is 4.79 Å². The number of carboxylic acids is 1. The number of rotatable bonds is 3. The van der Waals surface area contributed by atoms with Crippen molar-refractivity contribution < 1.29 is 19.2 Å². The van der Waals surface area contributed by atoms with E-state index in [0.717, 1.165) is 24.3 Å². The van der Waals surface area contributed by atoms with Gasteiger partial charge in [0.15, 0.2) is 0 Å². The van der Waals surface area contributed by atoms with Gasteiger partial charge in [-0.15, -0.1) is 0 Å². The number of aliphatic carboxylic acids is 1. The highest BCUT2D eigenvalue weighted by molar-refractivity contribution is 9.10. The van der Waals surface area contributed by atoms with Gasteiger partial charge >= 0.3 is 5.97 Å². The first kappa shape index (κ1) is 12.3. The van der Waals surface area contributed by atoms with Crippen LogP contribution in [0.15, 0.2) is 22.7 Å². The third kappa shape index (κ3) is 2.86. The van der Waals surface area contributed by atoms with Crippen LogP contribution in [0.5, 0.6) is 0 Å². The molecule has 0 saturated carbocycles. The first-order chi connectivity index (χ1) is 7.41. The molecule has 1 N–H and O–H groups in total. The summed E-state index contributed by atoms with van der Waals surface area (Å²) >= 11 is 2.93. The highest BCUT2D eigenvalue weighted by Gasteiger charge is 2.13. The number of hydrogen-bond donors (Lipinski definition) is 1. The maximum atomic E-state index is 13.3. The fraction of sp³-hybridized carbons (Fsp3) is 0. The molecule has 0 bridgehead atoms. The van der Waals surface area contributed by atoms with Gasteiger partial charge in [0.1, 0.15) is 5.82 Å². The van der Waals surface area contributed by atoms with E-state index in [0.29, 0.717) is 0 Å². The Balaban J connectivity index is 3.22. The maximum Gasteiger partial charge on any atom is 0.328 e. The van der Waals surface area contributed by atoms with Crippen LogP contribution in [0.4, 0.5) is 10.1 Å². The Morgan fingerprint density at radius 2 is 2.19 bits per heavy atom. The Morgan fingerprint density at radius 3 is 2.62 bits per heavy atom. The molecular weight excluding hydrogens is 285 g/mol. The van der Waals surface area contributed by atoms with Crippen molar-refractivity contribution in [3.05, 3.63) is 44.2 Å². The number of benzene rings is 1. The third-order valence-corrected chi connectivity index (χ3v) is 2.32. The molecule has 0 saturated heterocycles. The molecule has 0 fully saturated rings. The number of nitro groups is 1. The molecule has 1 aromatic carbocycles. The fourth-order valence-electron chi connectivity index (χ4n) is 0.990. The lowest BCUT2D eigenvalue weighted by molar-refractivity contribution is -0.385. The molecule has 1 aromatic rings. The number of carboxylic acid groups (broad SMARTS) is 1. The van der Waals surface area contributed by atoms with Gasteiger partial charge in [0.2, 0.25) is 0 Å². The van der Waals surface area contributed by atoms with Gasteiger partial charge in [0.25, 0.3) is 5.69 Å². The second-order valence-corrected chi connectivity index (χ2v) is 3.61. The Labute approximate surface area is 97.5 Å². The Kier molecular flexibility index (Phi) is 3.73. The molecule has 0 unspecified atom stereocenters. The van der Waals surface area contributed by atoms with Gasteiger partial charge in [0, 0.05) is 22.2 Å². The zero-order valence-electron chi connectivity index (χ0n) is 7.68. The van der Waals surface area contributed by atoms with Gasteiger partial charge in [-0.2, -0.15) is 0 Å². The standard InChI is InChI=1S/C9H5BrFNO4/c10-7-3-5(12(15)16)4-8(11)6(7)1-2-9(13)14/h1-4H,(H,13,14)/b2-1+. The molecule has 0 radical (unpaired) electrons. The average molecular weight is 290 g/mol. The van der Waals surface area contributed by atoms with E-state index in [1.165, 1.54) is 0 Å². The van der Waals surface area contributed by atoms with E-state index in [1.54, 1.807) is 0 Å². The minimum atomic E-state index is -1.23. The van der Waals surface area contributed by atoms with Gasteiger partial charge in [0.05, 0.1) is 11.0 Å². The number of non-ortho nitro benzene ring substituents is 1. The first-order valence-corrected chi connectivity index (χ1v) is 4.75. The number of hydrogen-bond acceptors (Lipinski definition) is 3. The summed E-state index contributed by atoms with van der Waals surface area (Å²) in [6.07, 6.45) is 1.76.